The van der Waals surface area contributed by atoms with E-state index in [1.54, 1.807) is 4.90 Å². The van der Waals surface area contributed by atoms with Crippen molar-refractivity contribution in [3.05, 3.63) is 35.9 Å². The van der Waals surface area contributed by atoms with Crippen molar-refractivity contribution in [3.8, 4) is 0 Å². The standard InChI is InChI=1S/C24H36F3NO2/c1-5-6-14-23(29,24(25,26)27)21-28(16-18-10-8-7-9-11-18)22(3,4)19-13-12-17(2)15-20(19)30-21/h7-11,17,19-21,29H,5-6,12-16H2,1-4H3/t17-,19-,20-,21+,23-/m1/s1. The SMILES string of the molecule is CCCC[C@@](O)([C@@H]1O[C@@H]2C[C@H](C)CC[C@H]2C(C)(C)N1Cc1ccccc1)C(F)(F)F. The number of nitrogens with zero attached hydrogens (tertiary/aromatic N) is 1. The van der Waals surface area contributed by atoms with Crippen LogP contribution in [-0.4, -0.2) is 39.7 Å². The number of fused-ring (bicyclic) bond motifs is 1. The molecule has 1 aliphatic carbocycles. The van der Waals surface area contributed by atoms with Crippen LogP contribution in [0.2, 0.25) is 0 Å². The highest BCUT2D eigenvalue weighted by Crippen LogP contribution is 2.50. The van der Waals surface area contributed by atoms with Crippen molar-refractivity contribution in [1.82, 2.24) is 4.90 Å². The topological polar surface area (TPSA) is 32.7 Å². The van der Waals surface area contributed by atoms with E-state index < -0.39 is 23.5 Å². The van der Waals surface area contributed by atoms with Gasteiger partial charge in [-0.15, -0.1) is 0 Å². The Labute approximate surface area is 178 Å². The molecule has 6 heteroatoms. The van der Waals surface area contributed by atoms with Crippen LogP contribution in [0.1, 0.15) is 71.8 Å². The van der Waals surface area contributed by atoms with E-state index in [0.29, 0.717) is 25.3 Å². The number of hydrogen-bond acceptors (Lipinski definition) is 3. The van der Waals surface area contributed by atoms with E-state index in [9.17, 15) is 18.3 Å². The minimum Gasteiger partial charge on any atom is -0.377 e. The van der Waals surface area contributed by atoms with Crippen LogP contribution in [0.4, 0.5) is 13.2 Å². The lowest BCUT2D eigenvalue weighted by Gasteiger charge is -2.60. The van der Waals surface area contributed by atoms with Crippen LogP contribution < -0.4 is 0 Å². The first kappa shape index (κ1) is 23.6. The molecule has 1 aliphatic heterocycles. The van der Waals surface area contributed by atoms with Crippen molar-refractivity contribution in [2.45, 2.75) is 102 Å². The Hall–Kier alpha value is -1.11. The predicted octanol–water partition coefficient (Wildman–Crippen LogP) is 5.91. The number of unbranched alkanes of at least 4 members (excludes halogenated alkanes) is 1. The molecule has 2 fully saturated rings. The van der Waals surface area contributed by atoms with E-state index >= 15 is 0 Å². The van der Waals surface area contributed by atoms with Crippen LogP contribution in [0.25, 0.3) is 0 Å². The third-order valence-corrected chi connectivity index (χ3v) is 7.29. The van der Waals surface area contributed by atoms with Gasteiger partial charge in [-0.25, -0.2) is 0 Å². The molecule has 1 N–H and O–H groups in total. The smallest absolute Gasteiger partial charge is 0.377 e. The van der Waals surface area contributed by atoms with Crippen molar-refractivity contribution in [3.63, 3.8) is 0 Å². The van der Waals surface area contributed by atoms with Gasteiger partial charge < -0.3 is 9.84 Å². The van der Waals surface area contributed by atoms with E-state index in [1.807, 2.05) is 51.1 Å². The molecule has 1 aromatic rings. The summed E-state index contributed by atoms with van der Waals surface area (Å²) in [5, 5.41) is 11.1. The van der Waals surface area contributed by atoms with Gasteiger partial charge in [-0.1, -0.05) is 63.4 Å². The van der Waals surface area contributed by atoms with Crippen LogP contribution in [0, 0.1) is 11.8 Å². The Morgan fingerprint density at radius 3 is 2.43 bits per heavy atom. The molecule has 0 bridgehead atoms. The Balaban J connectivity index is 2.04. The molecule has 3 nitrogen and oxygen atoms in total. The van der Waals surface area contributed by atoms with Gasteiger partial charge in [0.05, 0.1) is 6.10 Å². The van der Waals surface area contributed by atoms with E-state index in [0.717, 1.165) is 24.8 Å². The van der Waals surface area contributed by atoms with Gasteiger partial charge in [-0.2, -0.15) is 13.2 Å². The van der Waals surface area contributed by atoms with Crippen LogP contribution in [-0.2, 0) is 11.3 Å². The molecule has 1 saturated carbocycles. The third-order valence-electron chi connectivity index (χ3n) is 7.29. The van der Waals surface area contributed by atoms with Gasteiger partial charge in [-0.05, 0) is 44.6 Å². The second-order valence-electron chi connectivity index (χ2n) is 9.84. The minimum absolute atomic E-state index is 0.136. The molecule has 1 aromatic carbocycles. The summed E-state index contributed by atoms with van der Waals surface area (Å²) in [7, 11) is 0. The summed E-state index contributed by atoms with van der Waals surface area (Å²) in [6.45, 7) is 8.32. The van der Waals surface area contributed by atoms with E-state index in [2.05, 4.69) is 6.92 Å². The zero-order valence-electron chi connectivity index (χ0n) is 18.6. The molecule has 170 valence electrons. The summed E-state index contributed by atoms with van der Waals surface area (Å²) in [5.74, 6) is 0.551. The molecule has 30 heavy (non-hydrogen) atoms. The quantitative estimate of drug-likeness (QED) is 0.612. The summed E-state index contributed by atoms with van der Waals surface area (Å²) < 4.78 is 49.2. The molecule has 1 heterocycles. The largest absolute Gasteiger partial charge is 0.421 e. The Morgan fingerprint density at radius 2 is 1.83 bits per heavy atom. The lowest BCUT2D eigenvalue weighted by atomic mass is 9.69. The zero-order chi connectivity index (χ0) is 22.2. The summed E-state index contributed by atoms with van der Waals surface area (Å²) in [5.41, 5.74) is -2.52. The number of ether oxygens (including phenoxy) is 1. The van der Waals surface area contributed by atoms with Gasteiger partial charge in [0.2, 0.25) is 0 Å². The molecule has 0 aromatic heterocycles. The van der Waals surface area contributed by atoms with Crippen molar-refractivity contribution >= 4 is 0 Å². The average Bonchev–Trinajstić information content (AvgIpc) is 2.67. The molecule has 1 saturated heterocycles. The van der Waals surface area contributed by atoms with E-state index in [-0.39, 0.29) is 18.4 Å². The van der Waals surface area contributed by atoms with E-state index in [1.165, 1.54) is 0 Å². The summed E-state index contributed by atoms with van der Waals surface area (Å²) >= 11 is 0. The third kappa shape index (κ3) is 4.42. The number of rotatable bonds is 6. The minimum atomic E-state index is -4.77. The van der Waals surface area contributed by atoms with Crippen molar-refractivity contribution in [2.75, 3.05) is 0 Å². The molecule has 0 amide bonds. The highest BCUT2D eigenvalue weighted by atomic mass is 19.4. The molecule has 0 spiro atoms. The van der Waals surface area contributed by atoms with Crippen LogP contribution in [0.5, 0.6) is 0 Å². The number of hydrogen-bond donors (Lipinski definition) is 1. The van der Waals surface area contributed by atoms with Crippen LogP contribution in [0.15, 0.2) is 30.3 Å². The van der Waals surface area contributed by atoms with Gasteiger partial charge in [0.1, 0.15) is 6.23 Å². The van der Waals surface area contributed by atoms with Gasteiger partial charge >= 0.3 is 6.18 Å². The van der Waals surface area contributed by atoms with Crippen molar-refractivity contribution in [1.29, 1.82) is 0 Å². The van der Waals surface area contributed by atoms with Crippen molar-refractivity contribution in [2.24, 2.45) is 11.8 Å². The molecule has 3 rings (SSSR count). The van der Waals surface area contributed by atoms with Gasteiger partial charge in [-0.3, -0.25) is 4.90 Å². The van der Waals surface area contributed by atoms with Crippen molar-refractivity contribution < 1.29 is 23.0 Å². The first-order chi connectivity index (χ1) is 14.0. The normalized spacial score (nSPS) is 31.7. The highest BCUT2D eigenvalue weighted by molar-refractivity contribution is 5.17. The van der Waals surface area contributed by atoms with Gasteiger partial charge in [0.25, 0.3) is 0 Å². The molecule has 0 unspecified atom stereocenters. The maximum Gasteiger partial charge on any atom is 0.421 e. The fourth-order valence-electron chi connectivity index (χ4n) is 5.33. The van der Waals surface area contributed by atoms with Gasteiger partial charge in [0.15, 0.2) is 5.60 Å². The van der Waals surface area contributed by atoms with Crippen LogP contribution >= 0.6 is 0 Å². The highest BCUT2D eigenvalue weighted by Gasteiger charge is 2.65. The predicted molar refractivity (Wildman–Crippen MR) is 112 cm³/mol. The lowest BCUT2D eigenvalue weighted by molar-refractivity contribution is -0.361. The maximum absolute atomic E-state index is 14.3. The monoisotopic (exact) mass is 427 g/mol. The molecule has 5 atom stereocenters. The van der Waals surface area contributed by atoms with E-state index in [4.69, 9.17) is 4.74 Å². The lowest BCUT2D eigenvalue weighted by Crippen LogP contribution is -2.72. The fraction of sp³-hybridized carbons (Fsp3) is 0.750. The molecule has 0 radical (unpaired) electrons. The first-order valence-electron chi connectivity index (χ1n) is 11.3. The summed E-state index contributed by atoms with van der Waals surface area (Å²) in [4.78, 5) is 1.78. The fourth-order valence-corrected chi connectivity index (χ4v) is 5.33. The summed E-state index contributed by atoms with van der Waals surface area (Å²) in [6.07, 6.45) is -3.23. The molecular formula is C24H36F3NO2. The molecule has 2 aliphatic rings. The number of benzene rings is 1. The first-order valence-corrected chi connectivity index (χ1v) is 11.3. The van der Waals surface area contributed by atoms with Gasteiger partial charge in [0, 0.05) is 18.0 Å². The Kier molecular flexibility index (Phi) is 6.90. The number of aliphatic hydroxyl groups is 1. The zero-order valence-corrected chi connectivity index (χ0v) is 18.6. The molecular weight excluding hydrogens is 391 g/mol. The average molecular weight is 428 g/mol. The number of alkyl halides is 3. The Bertz CT molecular complexity index is 693. The second-order valence-corrected chi connectivity index (χ2v) is 9.84. The number of halogens is 3. The maximum atomic E-state index is 14.3. The van der Waals surface area contributed by atoms with Crippen LogP contribution in [0.3, 0.4) is 0 Å². The summed E-state index contributed by atoms with van der Waals surface area (Å²) in [6, 6.07) is 9.51. The Morgan fingerprint density at radius 1 is 1.17 bits per heavy atom. The second kappa shape index (κ2) is 8.79.